The van der Waals surface area contributed by atoms with Crippen LogP contribution in [0.25, 0.3) is 10.9 Å². The van der Waals surface area contributed by atoms with Gasteiger partial charge < -0.3 is 15.0 Å². The Labute approximate surface area is 186 Å². The molecule has 9 heteroatoms. The smallest absolute Gasteiger partial charge is 0.261 e. The number of sulfonamides is 1. The van der Waals surface area contributed by atoms with E-state index in [9.17, 15) is 18.0 Å². The second kappa shape index (κ2) is 9.13. The number of H-pyrrole nitrogens is 1. The summed E-state index contributed by atoms with van der Waals surface area (Å²) in [5.74, 6) is -0.521. The molecule has 1 atom stereocenters. The van der Waals surface area contributed by atoms with Crippen LogP contribution in [0.15, 0.2) is 58.4 Å². The van der Waals surface area contributed by atoms with E-state index in [4.69, 9.17) is 4.74 Å². The van der Waals surface area contributed by atoms with E-state index in [-0.39, 0.29) is 21.9 Å². The summed E-state index contributed by atoms with van der Waals surface area (Å²) in [4.78, 5) is 28.4. The number of hydrogen-bond donors (Lipinski definition) is 3. The first-order chi connectivity index (χ1) is 15.4. The second-order valence-electron chi connectivity index (χ2n) is 7.70. The number of rotatable bonds is 7. The van der Waals surface area contributed by atoms with E-state index in [0.717, 1.165) is 18.4 Å². The molecule has 2 aromatic carbocycles. The maximum atomic E-state index is 13.0. The van der Waals surface area contributed by atoms with Gasteiger partial charge in [-0.2, -0.15) is 0 Å². The van der Waals surface area contributed by atoms with Crippen molar-refractivity contribution in [2.24, 2.45) is 0 Å². The molecular weight excluding hydrogens is 430 g/mol. The summed E-state index contributed by atoms with van der Waals surface area (Å²) >= 11 is 0. The number of nitrogens with one attached hydrogen (secondary N) is 3. The van der Waals surface area contributed by atoms with Gasteiger partial charge in [-0.3, -0.25) is 14.3 Å². The standard InChI is InChI=1S/C23H25N3O5S/c1-2-15-6-3-4-8-20(15)26-32(29,30)17-9-10-21-18(12-17)22(27)19(14-24-21)23(28)25-13-16-7-5-11-31-16/h3-4,6,8-10,12,14,16,26H,2,5,7,11,13H2,1H3,(H,24,27)(H,25,28)/t16-/m0/s1. The summed E-state index contributed by atoms with van der Waals surface area (Å²) in [6, 6.07) is 11.4. The normalized spacial score (nSPS) is 16.2. The Morgan fingerprint density at radius 1 is 1.22 bits per heavy atom. The molecule has 0 spiro atoms. The summed E-state index contributed by atoms with van der Waals surface area (Å²) in [6.07, 6.45) is 3.78. The van der Waals surface area contributed by atoms with Crippen LogP contribution in [0.1, 0.15) is 35.7 Å². The van der Waals surface area contributed by atoms with Crippen molar-refractivity contribution in [1.82, 2.24) is 10.3 Å². The Kier molecular flexibility index (Phi) is 6.29. The lowest BCUT2D eigenvalue weighted by Crippen LogP contribution is -2.34. The quantitative estimate of drug-likeness (QED) is 0.506. The van der Waals surface area contributed by atoms with E-state index in [1.165, 1.54) is 24.4 Å². The average Bonchev–Trinajstić information content (AvgIpc) is 3.31. The number of aryl methyl sites for hydroxylation is 1. The van der Waals surface area contributed by atoms with Crippen molar-refractivity contribution < 1.29 is 17.9 Å². The van der Waals surface area contributed by atoms with Crippen molar-refractivity contribution in [2.45, 2.75) is 37.2 Å². The van der Waals surface area contributed by atoms with Crippen molar-refractivity contribution >= 4 is 32.5 Å². The van der Waals surface area contributed by atoms with E-state index >= 15 is 0 Å². The number of carbonyl (C=O) groups is 1. The molecule has 0 unspecified atom stereocenters. The molecule has 3 N–H and O–H groups in total. The van der Waals surface area contributed by atoms with Gasteiger partial charge >= 0.3 is 0 Å². The number of carbonyl (C=O) groups excluding carboxylic acids is 1. The highest BCUT2D eigenvalue weighted by Crippen LogP contribution is 2.22. The highest BCUT2D eigenvalue weighted by Gasteiger charge is 2.20. The fraction of sp³-hybridized carbons (Fsp3) is 0.304. The van der Waals surface area contributed by atoms with Crippen molar-refractivity contribution in [2.75, 3.05) is 17.9 Å². The van der Waals surface area contributed by atoms with Gasteiger partial charge in [0, 0.05) is 30.3 Å². The van der Waals surface area contributed by atoms with Gasteiger partial charge in [-0.25, -0.2) is 8.42 Å². The van der Waals surface area contributed by atoms with Crippen LogP contribution in [-0.4, -0.2) is 38.6 Å². The van der Waals surface area contributed by atoms with Crippen LogP contribution in [0, 0.1) is 0 Å². The monoisotopic (exact) mass is 455 g/mol. The lowest BCUT2D eigenvalue weighted by Gasteiger charge is -2.13. The molecule has 1 saturated heterocycles. The number of hydrogen-bond acceptors (Lipinski definition) is 5. The van der Waals surface area contributed by atoms with Gasteiger partial charge in [0.25, 0.3) is 15.9 Å². The molecule has 0 radical (unpaired) electrons. The first-order valence-corrected chi connectivity index (χ1v) is 12.0. The Balaban J connectivity index is 1.63. The molecule has 4 rings (SSSR count). The van der Waals surface area contributed by atoms with Gasteiger partial charge in [-0.1, -0.05) is 25.1 Å². The molecule has 168 valence electrons. The first-order valence-electron chi connectivity index (χ1n) is 10.5. The van der Waals surface area contributed by atoms with E-state index in [1.54, 1.807) is 12.1 Å². The molecule has 0 aliphatic carbocycles. The number of pyridine rings is 1. The van der Waals surface area contributed by atoms with Crippen LogP contribution < -0.4 is 15.5 Å². The Morgan fingerprint density at radius 2 is 2.03 bits per heavy atom. The molecule has 32 heavy (non-hydrogen) atoms. The van der Waals surface area contributed by atoms with Crippen LogP contribution in [0.5, 0.6) is 0 Å². The second-order valence-corrected chi connectivity index (χ2v) is 9.38. The Morgan fingerprint density at radius 3 is 2.78 bits per heavy atom. The van der Waals surface area contributed by atoms with Crippen LogP contribution in [0.2, 0.25) is 0 Å². The number of amides is 1. The van der Waals surface area contributed by atoms with Crippen LogP contribution in [0.4, 0.5) is 5.69 Å². The SMILES string of the molecule is CCc1ccccc1NS(=O)(=O)c1ccc2[nH]cc(C(=O)NC[C@@H]3CCCO3)c(=O)c2c1. The summed E-state index contributed by atoms with van der Waals surface area (Å²) in [6.45, 7) is 2.94. The molecule has 0 bridgehead atoms. The molecule has 2 heterocycles. The molecule has 1 aliphatic heterocycles. The zero-order chi connectivity index (χ0) is 22.7. The predicted molar refractivity (Wildman–Crippen MR) is 123 cm³/mol. The molecule has 1 fully saturated rings. The topological polar surface area (TPSA) is 117 Å². The third-order valence-corrected chi connectivity index (χ3v) is 6.93. The van der Waals surface area contributed by atoms with Gasteiger partial charge in [0.2, 0.25) is 5.43 Å². The van der Waals surface area contributed by atoms with Gasteiger partial charge in [-0.15, -0.1) is 0 Å². The molecule has 1 aliphatic rings. The van der Waals surface area contributed by atoms with E-state index in [2.05, 4.69) is 15.0 Å². The first kappa shape index (κ1) is 22.0. The van der Waals surface area contributed by atoms with Gasteiger partial charge in [-0.05, 0) is 49.1 Å². The van der Waals surface area contributed by atoms with Crippen LogP contribution in [0.3, 0.4) is 0 Å². The van der Waals surface area contributed by atoms with E-state index < -0.39 is 21.4 Å². The molecular formula is C23H25N3O5S. The number of ether oxygens (including phenoxy) is 1. The average molecular weight is 456 g/mol. The lowest BCUT2D eigenvalue weighted by atomic mass is 10.1. The maximum Gasteiger partial charge on any atom is 0.261 e. The highest BCUT2D eigenvalue weighted by molar-refractivity contribution is 7.92. The minimum atomic E-state index is -3.93. The Bertz CT molecular complexity index is 1310. The summed E-state index contributed by atoms with van der Waals surface area (Å²) < 4.78 is 34.0. The number of para-hydroxylation sites is 1. The molecule has 0 saturated carbocycles. The van der Waals surface area contributed by atoms with Crippen LogP contribution in [-0.2, 0) is 21.2 Å². The van der Waals surface area contributed by atoms with Crippen molar-refractivity contribution in [3.8, 4) is 0 Å². The fourth-order valence-electron chi connectivity index (χ4n) is 3.77. The summed E-state index contributed by atoms with van der Waals surface area (Å²) in [7, 11) is -3.93. The van der Waals surface area contributed by atoms with Gasteiger partial charge in [0.15, 0.2) is 0 Å². The largest absolute Gasteiger partial charge is 0.376 e. The third kappa shape index (κ3) is 4.53. The van der Waals surface area contributed by atoms with Gasteiger partial charge in [0.05, 0.1) is 16.7 Å². The lowest BCUT2D eigenvalue weighted by molar-refractivity contribution is 0.0857. The molecule has 1 amide bonds. The van der Waals surface area contributed by atoms with E-state index in [0.29, 0.717) is 30.8 Å². The van der Waals surface area contributed by atoms with Crippen LogP contribution >= 0.6 is 0 Å². The molecule has 8 nitrogen and oxygen atoms in total. The molecule has 1 aromatic heterocycles. The number of aromatic nitrogens is 1. The number of benzene rings is 2. The van der Waals surface area contributed by atoms with Crippen molar-refractivity contribution in [1.29, 1.82) is 0 Å². The number of anilines is 1. The van der Waals surface area contributed by atoms with Gasteiger partial charge in [0.1, 0.15) is 5.56 Å². The zero-order valence-corrected chi connectivity index (χ0v) is 18.5. The molecule has 3 aromatic rings. The third-order valence-electron chi connectivity index (χ3n) is 5.56. The van der Waals surface area contributed by atoms with E-state index in [1.807, 2.05) is 19.1 Å². The minimum absolute atomic E-state index is 0.0488. The Hall–Kier alpha value is -3.17. The predicted octanol–water partition coefficient (Wildman–Crippen LogP) is 2.80. The summed E-state index contributed by atoms with van der Waals surface area (Å²) in [5.41, 5.74) is 1.19. The minimum Gasteiger partial charge on any atom is -0.376 e. The summed E-state index contributed by atoms with van der Waals surface area (Å²) in [5, 5.41) is 2.85. The highest BCUT2D eigenvalue weighted by atomic mass is 32.2. The number of fused-ring (bicyclic) bond motifs is 1. The van der Waals surface area contributed by atoms with Crippen molar-refractivity contribution in [3.63, 3.8) is 0 Å². The maximum absolute atomic E-state index is 13.0. The zero-order valence-electron chi connectivity index (χ0n) is 17.7. The number of aromatic amines is 1. The van der Waals surface area contributed by atoms with Crippen molar-refractivity contribution in [3.05, 3.63) is 70.0 Å². The fourth-order valence-corrected chi connectivity index (χ4v) is 4.90.